The number of carbonyl (C=O) groups excluding carboxylic acids is 2. The molecule has 0 aliphatic carbocycles. The van der Waals surface area contributed by atoms with Crippen molar-refractivity contribution in [1.29, 1.82) is 0 Å². The summed E-state index contributed by atoms with van der Waals surface area (Å²) in [6.07, 6.45) is 1.07. The second-order valence-corrected chi connectivity index (χ2v) is 3.41. The molecule has 0 saturated carbocycles. The maximum absolute atomic E-state index is 11.4. The molecule has 0 unspecified atom stereocenters. The van der Waals surface area contributed by atoms with Crippen LogP contribution in [0.2, 0.25) is 0 Å². The Hall–Kier alpha value is -2.04. The van der Waals surface area contributed by atoms with Gasteiger partial charge in [-0.1, -0.05) is 24.2 Å². The number of carbonyl (C=O) groups is 2. The van der Waals surface area contributed by atoms with Gasteiger partial charge < -0.3 is 9.47 Å². The Kier molecular flexibility index (Phi) is 5.00. The summed E-state index contributed by atoms with van der Waals surface area (Å²) in [7, 11) is 1.91. The predicted molar refractivity (Wildman–Crippen MR) is 66.0 cm³/mol. The van der Waals surface area contributed by atoms with E-state index in [9.17, 15) is 9.59 Å². The molecule has 1 rings (SSSR count). The molecule has 4 nitrogen and oxygen atoms in total. The van der Waals surface area contributed by atoms with Crippen molar-refractivity contribution in [2.24, 2.45) is 0 Å². The summed E-state index contributed by atoms with van der Waals surface area (Å²) in [4.78, 5) is 22.1. The van der Waals surface area contributed by atoms with Crippen molar-refractivity contribution in [2.75, 3.05) is 6.61 Å². The van der Waals surface area contributed by atoms with E-state index in [2.05, 4.69) is 11.3 Å². The molecule has 17 heavy (non-hydrogen) atoms. The number of esters is 2. The minimum atomic E-state index is -0.548. The zero-order valence-electron chi connectivity index (χ0n) is 9.64. The summed E-state index contributed by atoms with van der Waals surface area (Å²) < 4.78 is 9.72. The third-order valence-corrected chi connectivity index (χ3v) is 1.94. The lowest BCUT2D eigenvalue weighted by Crippen LogP contribution is -2.14. The van der Waals surface area contributed by atoms with Crippen LogP contribution in [0, 0.1) is 0 Å². The van der Waals surface area contributed by atoms with Gasteiger partial charge in [0.05, 0.1) is 6.42 Å². The van der Waals surface area contributed by atoms with E-state index in [1.807, 2.05) is 13.9 Å². The molecule has 0 fully saturated rings. The highest BCUT2D eigenvalue weighted by atomic mass is 16.5. The molecule has 0 amide bonds. The quantitative estimate of drug-likeness (QED) is 0.309. The van der Waals surface area contributed by atoms with Crippen LogP contribution in [0.3, 0.4) is 0 Å². The number of rotatable bonds is 5. The fraction of sp³-hybridized carbons (Fsp3) is 0.167. The highest BCUT2D eigenvalue weighted by Gasteiger charge is 2.06. The van der Waals surface area contributed by atoms with Crippen molar-refractivity contribution in [3.63, 3.8) is 0 Å². The van der Waals surface area contributed by atoms with Gasteiger partial charge in [-0.2, -0.15) is 0 Å². The smallest absolute Gasteiger partial charge is 0.330 e. The van der Waals surface area contributed by atoms with Crippen LogP contribution in [-0.4, -0.2) is 26.4 Å². The van der Waals surface area contributed by atoms with Crippen molar-refractivity contribution in [2.45, 2.75) is 6.42 Å². The molecule has 1 aromatic rings. The average Bonchev–Trinajstić information content (AvgIpc) is 2.28. The Morgan fingerprint density at radius 3 is 2.82 bits per heavy atom. The molecule has 0 N–H and O–H groups in total. The average molecular weight is 232 g/mol. The third-order valence-electron chi connectivity index (χ3n) is 1.94. The van der Waals surface area contributed by atoms with E-state index >= 15 is 0 Å². The van der Waals surface area contributed by atoms with Gasteiger partial charge in [0, 0.05) is 6.08 Å². The molecule has 0 heterocycles. The number of hydrogen-bond donors (Lipinski definition) is 0. The third kappa shape index (κ3) is 5.02. The normalized spacial score (nSPS) is 9.41. The molecule has 0 aromatic heterocycles. The molecule has 0 aliphatic heterocycles. The van der Waals surface area contributed by atoms with E-state index in [0.717, 1.165) is 11.5 Å². The standard InChI is InChI=1S/C12H13BO4/c1-2-11(14)16-7-6-12(15)17-10-5-3-4-9(13)8-10/h2-5,8H,1,6-7,13H2. The first-order valence-electron chi connectivity index (χ1n) is 5.18. The molecule has 1 aromatic carbocycles. The molecule has 0 aliphatic rings. The van der Waals surface area contributed by atoms with Crippen LogP contribution < -0.4 is 10.2 Å². The van der Waals surface area contributed by atoms with Gasteiger partial charge in [-0.3, -0.25) is 4.79 Å². The van der Waals surface area contributed by atoms with E-state index in [-0.39, 0.29) is 13.0 Å². The minimum Gasteiger partial charge on any atom is -0.462 e. The van der Waals surface area contributed by atoms with Gasteiger partial charge in [0.2, 0.25) is 0 Å². The van der Waals surface area contributed by atoms with E-state index < -0.39 is 11.9 Å². The molecule has 0 bridgehead atoms. The van der Waals surface area contributed by atoms with Gasteiger partial charge >= 0.3 is 11.9 Å². The molecule has 0 radical (unpaired) electrons. The predicted octanol–water partition coefficient (Wildman–Crippen LogP) is -0.0303. The zero-order chi connectivity index (χ0) is 12.7. The molecule has 0 saturated heterocycles. The van der Waals surface area contributed by atoms with Crippen LogP contribution in [0.5, 0.6) is 5.75 Å². The van der Waals surface area contributed by atoms with Crippen molar-refractivity contribution in [1.82, 2.24) is 0 Å². The largest absolute Gasteiger partial charge is 0.462 e. The maximum atomic E-state index is 11.4. The van der Waals surface area contributed by atoms with E-state index in [4.69, 9.17) is 4.74 Å². The lowest BCUT2D eigenvalue weighted by atomic mass is 9.96. The summed E-state index contributed by atoms with van der Waals surface area (Å²) in [5.74, 6) is -0.495. The molecule has 0 atom stereocenters. The summed E-state index contributed by atoms with van der Waals surface area (Å²) in [5.41, 5.74) is 1.01. The highest BCUT2D eigenvalue weighted by Crippen LogP contribution is 2.07. The van der Waals surface area contributed by atoms with Gasteiger partial charge in [0.25, 0.3) is 0 Å². The summed E-state index contributed by atoms with van der Waals surface area (Å²) in [6, 6.07) is 7.16. The van der Waals surface area contributed by atoms with E-state index in [0.29, 0.717) is 5.75 Å². The minimum absolute atomic E-state index is 0.00446. The molecule has 0 spiro atoms. The lowest BCUT2D eigenvalue weighted by molar-refractivity contribution is -0.141. The Labute approximate surface area is 101 Å². The van der Waals surface area contributed by atoms with Crippen LogP contribution in [0.1, 0.15) is 6.42 Å². The summed E-state index contributed by atoms with van der Waals surface area (Å²) in [6.45, 7) is 3.24. The molecular weight excluding hydrogens is 219 g/mol. The fourth-order valence-electron chi connectivity index (χ4n) is 1.16. The van der Waals surface area contributed by atoms with Crippen LogP contribution in [0.15, 0.2) is 36.9 Å². The van der Waals surface area contributed by atoms with E-state index in [1.54, 1.807) is 18.2 Å². The molecule has 88 valence electrons. The van der Waals surface area contributed by atoms with Crippen LogP contribution in [0.4, 0.5) is 0 Å². The Bertz CT molecular complexity index is 428. The van der Waals surface area contributed by atoms with Crippen LogP contribution >= 0.6 is 0 Å². The van der Waals surface area contributed by atoms with Gasteiger partial charge in [0.1, 0.15) is 20.2 Å². The Morgan fingerprint density at radius 1 is 1.41 bits per heavy atom. The lowest BCUT2D eigenvalue weighted by Gasteiger charge is -2.05. The Balaban J connectivity index is 2.35. The monoisotopic (exact) mass is 232 g/mol. The Morgan fingerprint density at radius 2 is 2.18 bits per heavy atom. The van der Waals surface area contributed by atoms with E-state index in [1.165, 1.54) is 0 Å². The molecular formula is C12H13BO4. The highest BCUT2D eigenvalue weighted by molar-refractivity contribution is 6.32. The van der Waals surface area contributed by atoms with Crippen LogP contribution in [0.25, 0.3) is 0 Å². The van der Waals surface area contributed by atoms with Crippen molar-refractivity contribution < 1.29 is 19.1 Å². The molecule has 5 heteroatoms. The summed E-state index contributed by atoms with van der Waals surface area (Å²) in [5, 5.41) is 0. The maximum Gasteiger partial charge on any atom is 0.330 e. The first kappa shape index (κ1) is 13.0. The second kappa shape index (κ2) is 6.53. The first-order chi connectivity index (χ1) is 8.11. The zero-order valence-corrected chi connectivity index (χ0v) is 9.64. The van der Waals surface area contributed by atoms with Crippen LogP contribution in [-0.2, 0) is 14.3 Å². The fourth-order valence-corrected chi connectivity index (χ4v) is 1.16. The topological polar surface area (TPSA) is 52.6 Å². The number of ether oxygens (including phenoxy) is 2. The van der Waals surface area contributed by atoms with Gasteiger partial charge in [-0.15, -0.1) is 0 Å². The van der Waals surface area contributed by atoms with Gasteiger partial charge in [0.15, 0.2) is 0 Å². The van der Waals surface area contributed by atoms with Crippen molar-refractivity contribution >= 4 is 25.2 Å². The number of hydrogen-bond acceptors (Lipinski definition) is 4. The van der Waals surface area contributed by atoms with Crippen molar-refractivity contribution in [3.05, 3.63) is 36.9 Å². The first-order valence-corrected chi connectivity index (χ1v) is 5.18. The van der Waals surface area contributed by atoms with Crippen molar-refractivity contribution in [3.8, 4) is 5.75 Å². The summed E-state index contributed by atoms with van der Waals surface area (Å²) >= 11 is 0. The SMILES string of the molecule is Bc1cccc(OC(=O)CCOC(=O)C=C)c1. The second-order valence-electron chi connectivity index (χ2n) is 3.41. The van der Waals surface area contributed by atoms with Gasteiger partial charge in [-0.25, -0.2) is 4.79 Å². The van der Waals surface area contributed by atoms with Gasteiger partial charge in [-0.05, 0) is 12.1 Å². The number of benzene rings is 1.